The van der Waals surface area contributed by atoms with Gasteiger partial charge in [0.25, 0.3) is 0 Å². The first-order chi connectivity index (χ1) is 9.90. The lowest BCUT2D eigenvalue weighted by atomic mass is 9.84. The summed E-state index contributed by atoms with van der Waals surface area (Å²) in [7, 11) is 0. The second kappa shape index (κ2) is 6.45. The Labute approximate surface area is 128 Å². The zero-order valence-corrected chi connectivity index (χ0v) is 12.3. The fourth-order valence-corrected chi connectivity index (χ4v) is 2.67. The number of piperidine rings is 1. The molecule has 0 aromatic heterocycles. The van der Waals surface area contributed by atoms with Crippen LogP contribution in [0.5, 0.6) is 0 Å². The van der Waals surface area contributed by atoms with Crippen LogP contribution in [-0.4, -0.2) is 40.1 Å². The fraction of sp³-hybridized carbons (Fsp3) is 0.467. The van der Waals surface area contributed by atoms with Crippen LogP contribution < -0.4 is 0 Å². The van der Waals surface area contributed by atoms with Crippen molar-refractivity contribution in [2.75, 3.05) is 13.1 Å². The number of carboxylic acids is 1. The molecule has 2 N–H and O–H groups in total. The van der Waals surface area contributed by atoms with Crippen molar-refractivity contribution >= 4 is 23.5 Å². The number of nitrogens with zero attached hydrogens (tertiary/aromatic N) is 1. The topological polar surface area (TPSA) is 77.8 Å². The first-order valence-corrected chi connectivity index (χ1v) is 7.26. The SMILES string of the molecule is O=C(O)CCC(=O)N1CCC(O)(c2ccc(Cl)cc2)CC1. The maximum Gasteiger partial charge on any atom is 0.303 e. The number of hydrogen-bond donors (Lipinski definition) is 2. The van der Waals surface area contributed by atoms with Gasteiger partial charge in [-0.1, -0.05) is 23.7 Å². The smallest absolute Gasteiger partial charge is 0.303 e. The van der Waals surface area contributed by atoms with E-state index in [0.29, 0.717) is 31.0 Å². The van der Waals surface area contributed by atoms with Crippen molar-refractivity contribution in [1.82, 2.24) is 4.90 Å². The Morgan fingerprint density at radius 2 is 1.71 bits per heavy atom. The number of likely N-dealkylation sites (tertiary alicyclic amines) is 1. The molecular formula is C15H18ClNO4. The zero-order chi connectivity index (χ0) is 15.5. The standard InChI is InChI=1S/C15H18ClNO4/c16-12-3-1-11(2-4-12)15(21)7-9-17(10-8-15)13(18)5-6-14(19)20/h1-4,21H,5-10H2,(H,19,20). The maximum atomic E-state index is 11.9. The molecule has 1 saturated heterocycles. The molecule has 1 heterocycles. The lowest BCUT2D eigenvalue weighted by molar-refractivity contribution is -0.142. The normalized spacial score (nSPS) is 17.5. The van der Waals surface area contributed by atoms with E-state index in [1.807, 2.05) is 0 Å². The summed E-state index contributed by atoms with van der Waals surface area (Å²) in [6.07, 6.45) is 0.729. The second-order valence-corrected chi connectivity index (χ2v) is 5.75. The van der Waals surface area contributed by atoms with Crippen LogP contribution in [0.15, 0.2) is 24.3 Å². The summed E-state index contributed by atoms with van der Waals surface area (Å²) in [5.41, 5.74) is -0.154. The van der Waals surface area contributed by atoms with Crippen LogP contribution in [0.3, 0.4) is 0 Å². The molecule has 1 fully saturated rings. The van der Waals surface area contributed by atoms with Gasteiger partial charge in [-0.15, -0.1) is 0 Å². The highest BCUT2D eigenvalue weighted by Gasteiger charge is 2.35. The van der Waals surface area contributed by atoms with E-state index >= 15 is 0 Å². The predicted molar refractivity (Wildman–Crippen MR) is 78.0 cm³/mol. The van der Waals surface area contributed by atoms with Gasteiger partial charge in [-0.3, -0.25) is 9.59 Å². The Balaban J connectivity index is 1.94. The van der Waals surface area contributed by atoms with E-state index in [2.05, 4.69) is 0 Å². The molecule has 6 heteroatoms. The second-order valence-electron chi connectivity index (χ2n) is 5.31. The van der Waals surface area contributed by atoms with Crippen LogP contribution in [0.4, 0.5) is 0 Å². The molecular weight excluding hydrogens is 294 g/mol. The van der Waals surface area contributed by atoms with Gasteiger partial charge in [0.05, 0.1) is 12.0 Å². The Hall–Kier alpha value is -1.59. The Kier molecular flexibility index (Phi) is 4.85. The lowest BCUT2D eigenvalue weighted by Gasteiger charge is -2.38. The van der Waals surface area contributed by atoms with Crippen molar-refractivity contribution in [3.05, 3.63) is 34.9 Å². The molecule has 0 aliphatic carbocycles. The molecule has 0 saturated carbocycles. The van der Waals surface area contributed by atoms with Crippen LogP contribution in [0.2, 0.25) is 5.02 Å². The van der Waals surface area contributed by atoms with E-state index in [1.54, 1.807) is 29.2 Å². The van der Waals surface area contributed by atoms with E-state index in [1.165, 1.54) is 0 Å². The van der Waals surface area contributed by atoms with Crippen LogP contribution in [0.25, 0.3) is 0 Å². The minimum Gasteiger partial charge on any atom is -0.481 e. The summed E-state index contributed by atoms with van der Waals surface area (Å²) in [5, 5.41) is 19.9. The number of halogens is 1. The number of amides is 1. The summed E-state index contributed by atoms with van der Waals surface area (Å²) in [4.78, 5) is 24.0. The molecule has 1 aromatic carbocycles. The summed E-state index contributed by atoms with van der Waals surface area (Å²) in [6.45, 7) is 0.856. The summed E-state index contributed by atoms with van der Waals surface area (Å²) < 4.78 is 0. The van der Waals surface area contributed by atoms with Gasteiger partial charge in [-0.05, 0) is 30.5 Å². The Morgan fingerprint density at radius 3 is 2.24 bits per heavy atom. The third kappa shape index (κ3) is 3.95. The molecule has 0 atom stereocenters. The maximum absolute atomic E-state index is 11.9. The third-order valence-corrected chi connectivity index (χ3v) is 4.13. The van der Waals surface area contributed by atoms with Crippen molar-refractivity contribution in [3.8, 4) is 0 Å². The lowest BCUT2D eigenvalue weighted by Crippen LogP contribution is -2.45. The number of aliphatic hydroxyl groups is 1. The average molecular weight is 312 g/mol. The molecule has 1 aromatic rings. The minimum atomic E-state index is -0.974. The quantitative estimate of drug-likeness (QED) is 0.891. The number of aliphatic carboxylic acids is 1. The Bertz CT molecular complexity index is 521. The highest BCUT2D eigenvalue weighted by atomic mass is 35.5. The van der Waals surface area contributed by atoms with Gasteiger partial charge in [0.15, 0.2) is 0 Å². The molecule has 1 aliphatic heterocycles. The van der Waals surface area contributed by atoms with Crippen molar-refractivity contribution in [2.24, 2.45) is 0 Å². The van der Waals surface area contributed by atoms with Gasteiger partial charge in [0, 0.05) is 24.5 Å². The molecule has 1 aliphatic rings. The van der Waals surface area contributed by atoms with Crippen molar-refractivity contribution < 1.29 is 19.8 Å². The zero-order valence-electron chi connectivity index (χ0n) is 11.6. The number of carboxylic acid groups (broad SMARTS) is 1. The van der Waals surface area contributed by atoms with Crippen LogP contribution >= 0.6 is 11.6 Å². The third-order valence-electron chi connectivity index (χ3n) is 3.88. The summed E-state index contributed by atoms with van der Waals surface area (Å²) >= 11 is 5.84. The number of carbonyl (C=O) groups is 2. The number of carbonyl (C=O) groups excluding carboxylic acids is 1. The van der Waals surface area contributed by atoms with Crippen molar-refractivity contribution in [3.63, 3.8) is 0 Å². The highest BCUT2D eigenvalue weighted by Crippen LogP contribution is 2.33. The van der Waals surface area contributed by atoms with Gasteiger partial charge >= 0.3 is 5.97 Å². The molecule has 114 valence electrons. The molecule has 1 amide bonds. The van der Waals surface area contributed by atoms with Crippen LogP contribution in [0, 0.1) is 0 Å². The number of benzene rings is 1. The van der Waals surface area contributed by atoms with E-state index in [9.17, 15) is 14.7 Å². The first kappa shape index (κ1) is 15.8. The highest BCUT2D eigenvalue weighted by molar-refractivity contribution is 6.30. The molecule has 2 rings (SSSR count). The molecule has 5 nitrogen and oxygen atoms in total. The average Bonchev–Trinajstić information content (AvgIpc) is 2.46. The monoisotopic (exact) mass is 311 g/mol. The van der Waals surface area contributed by atoms with Gasteiger partial charge < -0.3 is 15.1 Å². The number of hydrogen-bond acceptors (Lipinski definition) is 3. The summed E-state index contributed by atoms with van der Waals surface area (Å²) in [6, 6.07) is 7.06. The van der Waals surface area contributed by atoms with E-state index < -0.39 is 11.6 Å². The molecule has 0 bridgehead atoms. The van der Waals surface area contributed by atoms with E-state index in [0.717, 1.165) is 5.56 Å². The van der Waals surface area contributed by atoms with Gasteiger partial charge in [-0.2, -0.15) is 0 Å². The molecule has 0 radical (unpaired) electrons. The van der Waals surface area contributed by atoms with Gasteiger partial charge in [-0.25, -0.2) is 0 Å². The van der Waals surface area contributed by atoms with Crippen LogP contribution in [-0.2, 0) is 15.2 Å². The van der Waals surface area contributed by atoms with Crippen molar-refractivity contribution in [1.29, 1.82) is 0 Å². The first-order valence-electron chi connectivity index (χ1n) is 6.89. The van der Waals surface area contributed by atoms with Crippen molar-refractivity contribution in [2.45, 2.75) is 31.3 Å². The predicted octanol–water partition coefficient (Wildman–Crippen LogP) is 2.01. The van der Waals surface area contributed by atoms with Crippen LogP contribution in [0.1, 0.15) is 31.2 Å². The summed E-state index contributed by atoms with van der Waals surface area (Å²) in [5.74, 6) is -1.14. The molecule has 0 spiro atoms. The Morgan fingerprint density at radius 1 is 1.14 bits per heavy atom. The molecule has 21 heavy (non-hydrogen) atoms. The minimum absolute atomic E-state index is 0.00864. The number of rotatable bonds is 4. The van der Waals surface area contributed by atoms with E-state index in [-0.39, 0.29) is 18.7 Å². The molecule has 0 unspecified atom stereocenters. The fourth-order valence-electron chi connectivity index (χ4n) is 2.55. The largest absolute Gasteiger partial charge is 0.481 e. The van der Waals surface area contributed by atoms with Gasteiger partial charge in [0.2, 0.25) is 5.91 Å². The van der Waals surface area contributed by atoms with Gasteiger partial charge in [0.1, 0.15) is 0 Å². The van der Waals surface area contributed by atoms with E-state index in [4.69, 9.17) is 16.7 Å².